The van der Waals surface area contributed by atoms with Gasteiger partial charge >= 0.3 is 0 Å². The van der Waals surface area contributed by atoms with Crippen LogP contribution in [-0.2, 0) is 11.2 Å². The van der Waals surface area contributed by atoms with E-state index in [0.717, 1.165) is 59.4 Å². The number of imidazole rings is 1. The molecule has 3 heterocycles. The highest BCUT2D eigenvalue weighted by molar-refractivity contribution is 7.20. The number of hydrogen-bond acceptors (Lipinski definition) is 5. The number of benzene rings is 2. The van der Waals surface area contributed by atoms with Crippen molar-refractivity contribution in [1.29, 1.82) is 0 Å². The first-order chi connectivity index (χ1) is 15.6. The molecular formula is C25H27N5OS. The van der Waals surface area contributed by atoms with Gasteiger partial charge in [0.05, 0.1) is 11.9 Å². The van der Waals surface area contributed by atoms with E-state index < -0.39 is 0 Å². The molecule has 32 heavy (non-hydrogen) atoms. The molecule has 1 saturated heterocycles. The van der Waals surface area contributed by atoms with Crippen molar-refractivity contribution in [2.24, 2.45) is 5.92 Å². The minimum atomic E-state index is 0.0355. The summed E-state index contributed by atoms with van der Waals surface area (Å²) in [5.41, 5.74) is 5.40. The number of nitrogens with zero attached hydrogens (tertiary/aromatic N) is 4. The molecule has 1 fully saturated rings. The molecule has 0 unspecified atom stereocenters. The number of aromatic nitrogens is 3. The number of carbonyl (C=O) groups excluding carboxylic acids is 1. The van der Waals surface area contributed by atoms with Crippen LogP contribution >= 0.6 is 11.3 Å². The number of piperidine rings is 1. The first-order valence-electron chi connectivity index (χ1n) is 11.2. The van der Waals surface area contributed by atoms with Crippen LogP contribution in [0.5, 0.6) is 0 Å². The van der Waals surface area contributed by atoms with Gasteiger partial charge in [0.25, 0.3) is 0 Å². The molecule has 0 radical (unpaired) electrons. The Bertz CT molecular complexity index is 1200. The number of rotatable bonds is 5. The number of carbonyl (C=O) groups is 1. The lowest BCUT2D eigenvalue weighted by Gasteiger charge is -2.30. The Kier molecular flexibility index (Phi) is 5.66. The largest absolute Gasteiger partial charge is 0.347 e. The predicted molar refractivity (Wildman–Crippen MR) is 130 cm³/mol. The third kappa shape index (κ3) is 4.12. The monoisotopic (exact) mass is 445 g/mol. The van der Waals surface area contributed by atoms with E-state index in [2.05, 4.69) is 54.4 Å². The van der Waals surface area contributed by atoms with Gasteiger partial charge in [0.2, 0.25) is 16.0 Å². The summed E-state index contributed by atoms with van der Waals surface area (Å²) in [5, 5.41) is 8.87. The summed E-state index contributed by atoms with van der Waals surface area (Å²) in [5.74, 6) is 0.163. The Morgan fingerprint density at radius 1 is 1.12 bits per heavy atom. The molecule has 0 aliphatic carbocycles. The molecule has 0 spiro atoms. The van der Waals surface area contributed by atoms with Gasteiger partial charge in [0.15, 0.2) is 0 Å². The van der Waals surface area contributed by atoms with Gasteiger partial charge in [-0.25, -0.2) is 9.50 Å². The second-order valence-electron chi connectivity index (χ2n) is 8.37. The average molecular weight is 446 g/mol. The van der Waals surface area contributed by atoms with Crippen LogP contribution in [0.1, 0.15) is 30.9 Å². The summed E-state index contributed by atoms with van der Waals surface area (Å²) in [6.45, 7) is 5.85. The van der Waals surface area contributed by atoms with Gasteiger partial charge in [-0.15, -0.1) is 5.10 Å². The smallest absolute Gasteiger partial charge is 0.227 e. The fraction of sp³-hybridized carbons (Fsp3) is 0.320. The number of hydrogen-bond donors (Lipinski definition) is 1. The maximum atomic E-state index is 12.8. The fourth-order valence-electron chi connectivity index (χ4n) is 4.20. The molecule has 5 rings (SSSR count). The number of aryl methyl sites for hydroxylation is 2. The first-order valence-corrected chi connectivity index (χ1v) is 12.0. The first kappa shape index (κ1) is 20.7. The normalized spacial score (nSPS) is 14.8. The Hall–Kier alpha value is -3.19. The molecular weight excluding hydrogens is 418 g/mol. The number of anilines is 2. The molecule has 1 N–H and O–H groups in total. The van der Waals surface area contributed by atoms with E-state index in [4.69, 9.17) is 10.1 Å². The summed E-state index contributed by atoms with van der Waals surface area (Å²) in [7, 11) is 0. The Labute approximate surface area is 191 Å². The molecule has 6 nitrogen and oxygen atoms in total. The highest BCUT2D eigenvalue weighted by Crippen LogP contribution is 2.30. The molecule has 7 heteroatoms. The Balaban J connectivity index is 1.22. The summed E-state index contributed by atoms with van der Waals surface area (Å²) < 4.78 is 1.87. The van der Waals surface area contributed by atoms with Crippen LogP contribution < -0.4 is 10.2 Å². The lowest BCUT2D eigenvalue weighted by molar-refractivity contribution is -0.120. The topological polar surface area (TPSA) is 62.5 Å². The van der Waals surface area contributed by atoms with Gasteiger partial charge in [-0.2, -0.15) is 0 Å². The Morgan fingerprint density at radius 2 is 1.88 bits per heavy atom. The molecule has 0 bridgehead atoms. The maximum absolute atomic E-state index is 12.8. The van der Waals surface area contributed by atoms with Crippen LogP contribution in [0.4, 0.5) is 10.8 Å². The van der Waals surface area contributed by atoms with E-state index in [-0.39, 0.29) is 11.8 Å². The van der Waals surface area contributed by atoms with Gasteiger partial charge in [-0.05, 0) is 37.8 Å². The second-order valence-corrected chi connectivity index (χ2v) is 9.30. The van der Waals surface area contributed by atoms with Crippen LogP contribution in [0.3, 0.4) is 0 Å². The van der Waals surface area contributed by atoms with E-state index in [0.29, 0.717) is 0 Å². The summed E-state index contributed by atoms with van der Waals surface area (Å²) >= 11 is 1.61. The minimum Gasteiger partial charge on any atom is -0.347 e. The molecule has 2 aromatic heterocycles. The zero-order valence-electron chi connectivity index (χ0n) is 18.4. The quantitative estimate of drug-likeness (QED) is 0.460. The zero-order chi connectivity index (χ0) is 22.1. The van der Waals surface area contributed by atoms with Crippen LogP contribution in [0, 0.1) is 12.8 Å². The van der Waals surface area contributed by atoms with Gasteiger partial charge in [0.1, 0.15) is 0 Å². The Morgan fingerprint density at radius 3 is 2.59 bits per heavy atom. The highest BCUT2D eigenvalue weighted by atomic mass is 32.1. The van der Waals surface area contributed by atoms with E-state index in [1.54, 1.807) is 11.3 Å². The van der Waals surface area contributed by atoms with Crippen molar-refractivity contribution in [3.63, 3.8) is 0 Å². The van der Waals surface area contributed by atoms with E-state index in [1.165, 1.54) is 11.1 Å². The van der Waals surface area contributed by atoms with E-state index in [1.807, 2.05) is 28.9 Å². The third-order valence-electron chi connectivity index (χ3n) is 6.17. The SMILES string of the molecule is CCc1ccccc1NC(=O)C1CCN(c2nn3cc(-c4ccc(C)cc4)nc3s2)CC1. The van der Waals surface area contributed by atoms with E-state index >= 15 is 0 Å². The highest BCUT2D eigenvalue weighted by Gasteiger charge is 2.27. The number of nitrogens with one attached hydrogen (secondary N) is 1. The van der Waals surface area contributed by atoms with Crippen molar-refractivity contribution in [2.45, 2.75) is 33.1 Å². The van der Waals surface area contributed by atoms with Gasteiger partial charge in [-0.3, -0.25) is 4.79 Å². The number of para-hydroxylation sites is 1. The van der Waals surface area contributed by atoms with Crippen molar-refractivity contribution in [3.8, 4) is 11.3 Å². The van der Waals surface area contributed by atoms with Crippen molar-refractivity contribution in [1.82, 2.24) is 14.6 Å². The summed E-state index contributed by atoms with van der Waals surface area (Å²) in [4.78, 5) is 20.7. The standard InChI is InChI=1S/C25H27N5OS/c1-3-18-6-4-5-7-21(18)26-23(31)20-12-14-29(15-13-20)25-28-30-16-22(27-24(30)32-25)19-10-8-17(2)9-11-19/h4-11,16,20H,3,12-15H2,1-2H3,(H,26,31). The molecule has 1 amide bonds. The number of amides is 1. The summed E-state index contributed by atoms with van der Waals surface area (Å²) in [6, 6.07) is 16.4. The van der Waals surface area contributed by atoms with Crippen molar-refractivity contribution in [3.05, 3.63) is 65.9 Å². The van der Waals surface area contributed by atoms with E-state index in [9.17, 15) is 4.79 Å². The van der Waals surface area contributed by atoms with Crippen LogP contribution in [0.25, 0.3) is 16.2 Å². The molecule has 0 saturated carbocycles. The van der Waals surface area contributed by atoms with Crippen molar-refractivity contribution < 1.29 is 4.79 Å². The molecule has 4 aromatic rings. The molecule has 1 aliphatic heterocycles. The fourth-order valence-corrected chi connectivity index (χ4v) is 5.13. The van der Waals surface area contributed by atoms with Crippen LogP contribution in [-0.4, -0.2) is 33.6 Å². The van der Waals surface area contributed by atoms with Gasteiger partial charge in [-0.1, -0.05) is 66.3 Å². The lowest BCUT2D eigenvalue weighted by Crippen LogP contribution is -2.38. The average Bonchev–Trinajstić information content (AvgIpc) is 3.40. The van der Waals surface area contributed by atoms with Gasteiger partial charge < -0.3 is 10.2 Å². The van der Waals surface area contributed by atoms with Crippen molar-refractivity contribution >= 4 is 33.0 Å². The molecule has 1 aliphatic rings. The molecule has 164 valence electrons. The maximum Gasteiger partial charge on any atom is 0.227 e. The predicted octanol–water partition coefficient (Wildman–Crippen LogP) is 5.18. The second kappa shape index (κ2) is 8.74. The zero-order valence-corrected chi connectivity index (χ0v) is 19.2. The number of fused-ring (bicyclic) bond motifs is 1. The van der Waals surface area contributed by atoms with Crippen LogP contribution in [0.15, 0.2) is 54.7 Å². The third-order valence-corrected chi connectivity index (χ3v) is 7.16. The van der Waals surface area contributed by atoms with Crippen molar-refractivity contribution in [2.75, 3.05) is 23.3 Å². The molecule has 0 atom stereocenters. The van der Waals surface area contributed by atoms with Gasteiger partial charge in [0, 0.05) is 30.3 Å². The lowest BCUT2D eigenvalue weighted by atomic mass is 9.96. The van der Waals surface area contributed by atoms with Crippen LogP contribution in [0.2, 0.25) is 0 Å². The summed E-state index contributed by atoms with van der Waals surface area (Å²) in [6.07, 6.45) is 4.56. The minimum absolute atomic E-state index is 0.0355. The molecule has 2 aromatic carbocycles.